The third-order valence-corrected chi connectivity index (χ3v) is 4.52. The number of carbonyl (C=O) groups is 2. The summed E-state index contributed by atoms with van der Waals surface area (Å²) in [7, 11) is 3.01. The summed E-state index contributed by atoms with van der Waals surface area (Å²) in [6.07, 6.45) is 1.51. The molecule has 1 aliphatic rings. The minimum absolute atomic E-state index is 0.0210. The Bertz CT molecular complexity index is 985. The first-order valence-corrected chi connectivity index (χ1v) is 9.25. The predicted octanol–water partition coefficient (Wildman–Crippen LogP) is 2.93. The molecular weight excluding hydrogens is 392 g/mol. The van der Waals surface area contributed by atoms with Gasteiger partial charge in [0.15, 0.2) is 5.11 Å². The highest BCUT2D eigenvalue weighted by Gasteiger charge is 2.35. The van der Waals surface area contributed by atoms with E-state index in [2.05, 4.69) is 5.32 Å². The number of anilines is 1. The number of methoxy groups -OCH3 is 2. The number of carbonyl (C=O) groups excluding carboxylic acids is 2. The average molecular weight is 412 g/mol. The lowest BCUT2D eigenvalue weighted by Gasteiger charge is -2.30. The van der Waals surface area contributed by atoms with Gasteiger partial charge in [-0.25, -0.2) is 4.90 Å². The van der Waals surface area contributed by atoms with Crippen LogP contribution in [0.15, 0.2) is 48.0 Å². The molecule has 3 rings (SSSR count). The van der Waals surface area contributed by atoms with Crippen LogP contribution in [0, 0.1) is 0 Å². The Balaban J connectivity index is 1.98. The molecule has 150 valence electrons. The SMILES string of the molecule is CCOc1ccc(/C=C2\C(=O)NC(=S)N(c3ccc(OC)cc3OC)C2=O)cc1. The third kappa shape index (κ3) is 4.22. The van der Waals surface area contributed by atoms with E-state index in [1.165, 1.54) is 25.2 Å². The van der Waals surface area contributed by atoms with Crippen molar-refractivity contribution in [3.63, 3.8) is 0 Å². The van der Waals surface area contributed by atoms with Gasteiger partial charge in [0.25, 0.3) is 11.8 Å². The summed E-state index contributed by atoms with van der Waals surface area (Å²) in [6, 6.07) is 12.0. The first kappa shape index (κ1) is 20.3. The topological polar surface area (TPSA) is 77.1 Å². The molecule has 2 aromatic carbocycles. The second kappa shape index (κ2) is 8.74. The molecule has 7 nitrogen and oxygen atoms in total. The van der Waals surface area contributed by atoms with Crippen LogP contribution in [0.2, 0.25) is 0 Å². The third-order valence-electron chi connectivity index (χ3n) is 4.23. The molecule has 0 radical (unpaired) electrons. The Hall–Kier alpha value is -3.39. The summed E-state index contributed by atoms with van der Waals surface area (Å²) in [5.74, 6) is 0.556. The lowest BCUT2D eigenvalue weighted by atomic mass is 10.1. The first-order valence-electron chi connectivity index (χ1n) is 8.84. The van der Waals surface area contributed by atoms with Crippen molar-refractivity contribution < 1.29 is 23.8 Å². The largest absolute Gasteiger partial charge is 0.497 e. The molecule has 0 atom stereocenters. The molecule has 0 spiro atoms. The van der Waals surface area contributed by atoms with Crippen molar-refractivity contribution in [3.05, 3.63) is 53.6 Å². The molecule has 1 saturated heterocycles. The Morgan fingerprint density at radius 1 is 1.03 bits per heavy atom. The van der Waals surface area contributed by atoms with Gasteiger partial charge in [-0.2, -0.15) is 0 Å². The molecule has 1 N–H and O–H groups in total. The van der Waals surface area contributed by atoms with Crippen molar-refractivity contribution in [3.8, 4) is 17.2 Å². The monoisotopic (exact) mass is 412 g/mol. The fourth-order valence-corrected chi connectivity index (χ4v) is 3.11. The number of rotatable bonds is 6. The molecule has 0 aromatic heterocycles. The summed E-state index contributed by atoms with van der Waals surface area (Å²) in [5.41, 5.74) is 1.04. The predicted molar refractivity (Wildman–Crippen MR) is 113 cm³/mol. The maximum Gasteiger partial charge on any atom is 0.270 e. The van der Waals surface area contributed by atoms with Gasteiger partial charge in [0.1, 0.15) is 22.8 Å². The second-order valence-corrected chi connectivity index (χ2v) is 6.38. The molecule has 1 heterocycles. The summed E-state index contributed by atoms with van der Waals surface area (Å²) < 4.78 is 16.0. The smallest absolute Gasteiger partial charge is 0.270 e. The van der Waals surface area contributed by atoms with E-state index in [4.69, 9.17) is 26.4 Å². The normalized spacial score (nSPS) is 15.3. The van der Waals surface area contributed by atoms with Gasteiger partial charge in [0, 0.05) is 6.07 Å². The molecule has 0 saturated carbocycles. The Labute approximate surface area is 173 Å². The average Bonchev–Trinajstić information content (AvgIpc) is 2.72. The number of hydrogen-bond donors (Lipinski definition) is 1. The minimum Gasteiger partial charge on any atom is -0.497 e. The number of nitrogens with zero attached hydrogens (tertiary/aromatic N) is 1. The molecule has 8 heteroatoms. The highest BCUT2D eigenvalue weighted by molar-refractivity contribution is 7.80. The number of ether oxygens (including phenoxy) is 3. The van der Waals surface area contributed by atoms with Gasteiger partial charge in [-0.15, -0.1) is 0 Å². The standard InChI is InChI=1S/C21H20N2O5S/c1-4-28-14-7-5-13(6-8-14)11-16-19(24)22-21(29)23(20(16)25)17-10-9-15(26-2)12-18(17)27-3/h5-12H,4H2,1-3H3,(H,22,24,29)/b16-11+. The van der Waals surface area contributed by atoms with E-state index < -0.39 is 11.8 Å². The van der Waals surface area contributed by atoms with Crippen LogP contribution in [0.3, 0.4) is 0 Å². The quantitative estimate of drug-likeness (QED) is 0.447. The molecule has 2 aromatic rings. The fraction of sp³-hybridized carbons (Fsp3) is 0.190. The summed E-state index contributed by atoms with van der Waals surface area (Å²) in [4.78, 5) is 26.8. The number of benzene rings is 2. The fourth-order valence-electron chi connectivity index (χ4n) is 2.84. The lowest BCUT2D eigenvalue weighted by molar-refractivity contribution is -0.122. The lowest BCUT2D eigenvalue weighted by Crippen LogP contribution is -2.54. The highest BCUT2D eigenvalue weighted by atomic mass is 32.1. The maximum atomic E-state index is 13.1. The highest BCUT2D eigenvalue weighted by Crippen LogP contribution is 2.34. The van der Waals surface area contributed by atoms with E-state index in [-0.39, 0.29) is 10.7 Å². The van der Waals surface area contributed by atoms with Crippen LogP contribution in [0.5, 0.6) is 17.2 Å². The van der Waals surface area contributed by atoms with Crippen LogP contribution < -0.4 is 24.4 Å². The van der Waals surface area contributed by atoms with E-state index in [1.54, 1.807) is 42.5 Å². The zero-order valence-electron chi connectivity index (χ0n) is 16.2. The number of amides is 2. The summed E-state index contributed by atoms with van der Waals surface area (Å²) in [5, 5.41) is 2.54. The Kier molecular flexibility index (Phi) is 6.13. The van der Waals surface area contributed by atoms with Crippen molar-refractivity contribution in [2.75, 3.05) is 25.7 Å². The van der Waals surface area contributed by atoms with E-state index in [9.17, 15) is 9.59 Å². The molecule has 0 unspecified atom stereocenters. The Morgan fingerprint density at radius 2 is 1.72 bits per heavy atom. The summed E-state index contributed by atoms with van der Waals surface area (Å²) >= 11 is 5.24. The zero-order chi connectivity index (χ0) is 21.0. The van der Waals surface area contributed by atoms with E-state index in [0.29, 0.717) is 35.1 Å². The number of hydrogen-bond acceptors (Lipinski definition) is 6. The van der Waals surface area contributed by atoms with Gasteiger partial charge in [-0.1, -0.05) is 12.1 Å². The van der Waals surface area contributed by atoms with Crippen LogP contribution in [0.4, 0.5) is 5.69 Å². The van der Waals surface area contributed by atoms with Crippen LogP contribution in [-0.2, 0) is 9.59 Å². The maximum absolute atomic E-state index is 13.1. The van der Waals surface area contributed by atoms with E-state index in [1.807, 2.05) is 6.92 Å². The van der Waals surface area contributed by atoms with Gasteiger partial charge in [0.05, 0.1) is 26.5 Å². The van der Waals surface area contributed by atoms with Crippen molar-refractivity contribution in [1.82, 2.24) is 5.32 Å². The molecular formula is C21H20N2O5S. The van der Waals surface area contributed by atoms with Gasteiger partial charge in [0.2, 0.25) is 0 Å². The minimum atomic E-state index is -0.558. The first-order chi connectivity index (χ1) is 14.0. The van der Waals surface area contributed by atoms with Crippen LogP contribution in [0.25, 0.3) is 6.08 Å². The van der Waals surface area contributed by atoms with Crippen LogP contribution in [0.1, 0.15) is 12.5 Å². The molecule has 1 fully saturated rings. The number of thiocarbonyl (C=S) groups is 1. The van der Waals surface area contributed by atoms with Crippen molar-refractivity contribution in [2.24, 2.45) is 0 Å². The van der Waals surface area contributed by atoms with Crippen molar-refractivity contribution in [2.45, 2.75) is 6.92 Å². The van der Waals surface area contributed by atoms with Crippen LogP contribution in [-0.4, -0.2) is 37.8 Å². The molecule has 29 heavy (non-hydrogen) atoms. The van der Waals surface area contributed by atoms with Gasteiger partial charge in [-0.05, 0) is 55.0 Å². The molecule has 1 aliphatic heterocycles. The molecule has 0 aliphatic carbocycles. The Morgan fingerprint density at radius 3 is 2.34 bits per heavy atom. The zero-order valence-corrected chi connectivity index (χ0v) is 17.0. The van der Waals surface area contributed by atoms with E-state index in [0.717, 1.165) is 0 Å². The van der Waals surface area contributed by atoms with Gasteiger partial charge >= 0.3 is 0 Å². The summed E-state index contributed by atoms with van der Waals surface area (Å²) in [6.45, 7) is 2.45. The van der Waals surface area contributed by atoms with Crippen molar-refractivity contribution >= 4 is 40.9 Å². The second-order valence-electron chi connectivity index (χ2n) is 6.00. The molecule has 2 amide bonds. The van der Waals surface area contributed by atoms with Gasteiger partial charge in [-0.3, -0.25) is 14.9 Å². The number of nitrogens with one attached hydrogen (secondary N) is 1. The van der Waals surface area contributed by atoms with Gasteiger partial charge < -0.3 is 14.2 Å². The van der Waals surface area contributed by atoms with E-state index >= 15 is 0 Å². The van der Waals surface area contributed by atoms with Crippen molar-refractivity contribution in [1.29, 1.82) is 0 Å². The van der Waals surface area contributed by atoms with Crippen LogP contribution >= 0.6 is 12.2 Å². The molecule has 0 bridgehead atoms.